The zero-order valence-corrected chi connectivity index (χ0v) is 20.6. The summed E-state index contributed by atoms with van der Waals surface area (Å²) in [5.74, 6) is 0.217. The summed E-state index contributed by atoms with van der Waals surface area (Å²) < 4.78 is 33.0. The zero-order chi connectivity index (χ0) is 24.3. The molecule has 6 heteroatoms. The summed E-state index contributed by atoms with van der Waals surface area (Å²) in [6, 6.07) is 13.5. The molecule has 1 aliphatic rings. The van der Waals surface area contributed by atoms with Crippen LogP contribution in [-0.4, -0.2) is 18.6 Å². The molecule has 0 saturated carbocycles. The molecule has 3 aromatic carbocycles. The van der Waals surface area contributed by atoms with Gasteiger partial charge in [-0.2, -0.15) is 8.42 Å². The van der Waals surface area contributed by atoms with Gasteiger partial charge in [-0.15, -0.1) is 0 Å². The number of hydrogen-bond donors (Lipinski definition) is 2. The average molecular weight is 467 g/mol. The first-order valence-corrected chi connectivity index (χ1v) is 12.5. The minimum atomic E-state index is -4.07. The molecule has 4 rings (SSSR count). The van der Waals surface area contributed by atoms with Crippen molar-refractivity contribution in [1.82, 2.24) is 0 Å². The molecule has 1 aliphatic heterocycles. The average Bonchev–Trinajstić information content (AvgIpc) is 2.94. The van der Waals surface area contributed by atoms with E-state index in [9.17, 15) is 18.6 Å². The van der Waals surface area contributed by atoms with Crippen LogP contribution >= 0.6 is 0 Å². The Labute approximate surface area is 195 Å². The fraction of sp³-hybridized carbons (Fsp3) is 0.333. The summed E-state index contributed by atoms with van der Waals surface area (Å²) in [6.07, 6.45) is 0. The Bertz CT molecular complexity index is 1290. The minimum absolute atomic E-state index is 0.0123. The lowest BCUT2D eigenvalue weighted by Gasteiger charge is -2.37. The second kappa shape index (κ2) is 7.89. The standard InChI is InChI=1S/C27H30O5S/c1-15(2)21-13-19(28)11-17(5)25(21)27(23-9-7-8-10-24(23)33(30,31)32-27)26-18(6)12-20(29)14-22(26)16(3)4/h7-16,28-29H,1-6H3. The summed E-state index contributed by atoms with van der Waals surface area (Å²) in [6.45, 7) is 11.8. The van der Waals surface area contributed by atoms with Crippen LogP contribution in [0, 0.1) is 13.8 Å². The summed E-state index contributed by atoms with van der Waals surface area (Å²) in [7, 11) is -4.07. The van der Waals surface area contributed by atoms with E-state index >= 15 is 0 Å². The monoisotopic (exact) mass is 466 g/mol. The van der Waals surface area contributed by atoms with Crippen LogP contribution in [-0.2, 0) is 19.9 Å². The largest absolute Gasteiger partial charge is 0.508 e. The van der Waals surface area contributed by atoms with Crippen molar-refractivity contribution in [1.29, 1.82) is 0 Å². The smallest absolute Gasteiger partial charge is 0.298 e. The van der Waals surface area contributed by atoms with Gasteiger partial charge in [0.25, 0.3) is 10.1 Å². The maximum absolute atomic E-state index is 13.4. The van der Waals surface area contributed by atoms with E-state index in [1.54, 1.807) is 42.5 Å². The molecule has 0 aliphatic carbocycles. The molecule has 1 heterocycles. The first-order valence-electron chi connectivity index (χ1n) is 11.1. The Morgan fingerprint density at radius 2 is 1.24 bits per heavy atom. The van der Waals surface area contributed by atoms with E-state index in [1.165, 1.54) is 0 Å². The third kappa shape index (κ3) is 3.52. The van der Waals surface area contributed by atoms with Crippen LogP contribution in [0.3, 0.4) is 0 Å². The number of aromatic hydroxyl groups is 2. The zero-order valence-electron chi connectivity index (χ0n) is 19.8. The topological polar surface area (TPSA) is 83.8 Å². The summed E-state index contributed by atoms with van der Waals surface area (Å²) in [5.41, 5.74) is 3.57. The first-order chi connectivity index (χ1) is 15.4. The van der Waals surface area contributed by atoms with Gasteiger partial charge in [0.15, 0.2) is 5.60 Å². The van der Waals surface area contributed by atoms with Gasteiger partial charge < -0.3 is 10.2 Å². The number of phenols is 2. The molecule has 0 radical (unpaired) electrons. The summed E-state index contributed by atoms with van der Waals surface area (Å²) in [5, 5.41) is 20.8. The van der Waals surface area contributed by atoms with Crippen LogP contribution in [0.15, 0.2) is 53.4 Å². The van der Waals surface area contributed by atoms with Crippen LogP contribution < -0.4 is 0 Å². The highest BCUT2D eigenvalue weighted by atomic mass is 32.2. The highest BCUT2D eigenvalue weighted by Crippen LogP contribution is 2.55. The van der Waals surface area contributed by atoms with E-state index < -0.39 is 15.7 Å². The van der Waals surface area contributed by atoms with E-state index in [-0.39, 0.29) is 28.2 Å². The summed E-state index contributed by atoms with van der Waals surface area (Å²) >= 11 is 0. The summed E-state index contributed by atoms with van der Waals surface area (Å²) in [4.78, 5) is 0.134. The molecule has 0 aromatic heterocycles. The lowest BCUT2D eigenvalue weighted by Crippen LogP contribution is -2.34. The van der Waals surface area contributed by atoms with E-state index in [0.29, 0.717) is 16.7 Å². The SMILES string of the molecule is Cc1cc(O)cc(C(C)C)c1C1(c2c(C)cc(O)cc2C(C)C)OS(=O)(=O)c2ccccc21. The molecular weight excluding hydrogens is 436 g/mol. The molecule has 2 N–H and O–H groups in total. The molecule has 0 saturated heterocycles. The Kier molecular flexibility index (Phi) is 5.58. The Morgan fingerprint density at radius 3 is 1.70 bits per heavy atom. The van der Waals surface area contributed by atoms with Crippen LogP contribution in [0.4, 0.5) is 0 Å². The van der Waals surface area contributed by atoms with E-state index in [4.69, 9.17) is 4.18 Å². The van der Waals surface area contributed by atoms with Gasteiger partial charge in [-0.3, -0.25) is 0 Å². The second-order valence-corrected chi connectivity index (χ2v) is 11.0. The lowest BCUT2D eigenvalue weighted by molar-refractivity contribution is 0.175. The van der Waals surface area contributed by atoms with E-state index in [0.717, 1.165) is 22.3 Å². The number of fused-ring (bicyclic) bond motifs is 1. The van der Waals surface area contributed by atoms with Gasteiger partial charge in [0, 0.05) is 16.7 Å². The van der Waals surface area contributed by atoms with Crippen molar-refractivity contribution in [3.8, 4) is 11.5 Å². The van der Waals surface area contributed by atoms with E-state index in [1.807, 2.05) is 47.6 Å². The van der Waals surface area contributed by atoms with Crippen LogP contribution in [0.1, 0.15) is 78.5 Å². The molecule has 0 amide bonds. The van der Waals surface area contributed by atoms with Crippen LogP contribution in [0.25, 0.3) is 0 Å². The minimum Gasteiger partial charge on any atom is -0.508 e. The van der Waals surface area contributed by atoms with Crippen LogP contribution in [0.2, 0.25) is 0 Å². The second-order valence-electron chi connectivity index (χ2n) is 9.48. The molecule has 0 bridgehead atoms. The van der Waals surface area contributed by atoms with Gasteiger partial charge in [-0.1, -0.05) is 45.9 Å². The third-order valence-electron chi connectivity index (χ3n) is 6.42. The molecule has 5 nitrogen and oxygen atoms in total. The molecular formula is C27H30O5S. The van der Waals surface area contributed by atoms with Crippen molar-refractivity contribution >= 4 is 10.1 Å². The van der Waals surface area contributed by atoms with Gasteiger partial charge in [0.05, 0.1) is 0 Å². The Morgan fingerprint density at radius 1 is 0.788 bits per heavy atom. The van der Waals surface area contributed by atoms with Gasteiger partial charge in [0.1, 0.15) is 16.4 Å². The molecule has 0 spiro atoms. The van der Waals surface area contributed by atoms with Crippen molar-refractivity contribution in [2.24, 2.45) is 0 Å². The predicted octanol–water partition coefficient (Wildman–Crippen LogP) is 5.97. The predicted molar refractivity (Wildman–Crippen MR) is 128 cm³/mol. The van der Waals surface area contributed by atoms with Crippen molar-refractivity contribution in [3.05, 3.63) is 87.5 Å². The number of rotatable bonds is 4. The molecule has 174 valence electrons. The molecule has 0 unspecified atom stereocenters. The van der Waals surface area contributed by atoms with Gasteiger partial charge in [-0.25, -0.2) is 4.18 Å². The van der Waals surface area contributed by atoms with E-state index in [2.05, 4.69) is 0 Å². The fourth-order valence-corrected chi connectivity index (χ4v) is 6.57. The van der Waals surface area contributed by atoms with Crippen molar-refractivity contribution in [3.63, 3.8) is 0 Å². The molecule has 0 atom stereocenters. The highest BCUT2D eigenvalue weighted by molar-refractivity contribution is 7.87. The van der Waals surface area contributed by atoms with Crippen molar-refractivity contribution < 1.29 is 22.8 Å². The Balaban J connectivity index is 2.30. The molecule has 3 aromatic rings. The quantitative estimate of drug-likeness (QED) is 0.463. The van der Waals surface area contributed by atoms with Gasteiger partial charge >= 0.3 is 0 Å². The first kappa shape index (κ1) is 23.3. The fourth-order valence-electron chi connectivity index (χ4n) is 5.17. The highest BCUT2D eigenvalue weighted by Gasteiger charge is 2.54. The van der Waals surface area contributed by atoms with Crippen molar-refractivity contribution in [2.45, 2.75) is 63.9 Å². The molecule has 0 fully saturated rings. The normalized spacial score (nSPS) is 16.4. The number of hydrogen-bond acceptors (Lipinski definition) is 5. The number of benzene rings is 3. The Hall–Kier alpha value is -2.83. The number of phenolic OH excluding ortho intramolecular Hbond substituents is 2. The van der Waals surface area contributed by atoms with Crippen molar-refractivity contribution in [2.75, 3.05) is 0 Å². The maximum Gasteiger partial charge on any atom is 0.298 e. The molecule has 33 heavy (non-hydrogen) atoms. The number of aryl methyl sites for hydroxylation is 2. The van der Waals surface area contributed by atoms with Gasteiger partial charge in [0.2, 0.25) is 0 Å². The van der Waals surface area contributed by atoms with Gasteiger partial charge in [-0.05, 0) is 78.3 Å². The third-order valence-corrected chi connectivity index (χ3v) is 7.78. The lowest BCUT2D eigenvalue weighted by atomic mass is 9.71. The maximum atomic E-state index is 13.4. The van der Waals surface area contributed by atoms with Crippen LogP contribution in [0.5, 0.6) is 11.5 Å².